The lowest BCUT2D eigenvalue weighted by Crippen LogP contribution is -2.49. The molecular weight excluding hydrogens is 450 g/mol. The Kier molecular flexibility index (Phi) is 7.62. The van der Waals surface area contributed by atoms with Gasteiger partial charge in [0.25, 0.3) is 0 Å². The first kappa shape index (κ1) is 23.9. The van der Waals surface area contributed by atoms with Crippen LogP contribution in [0.2, 0.25) is 0 Å². The standard InChI is InChI=1S/C25H31N5O3S/c1-18(2)30-24(19-5-9-21(32-3)10-6-19)26-27-25(30)34-17-23(31)29-15-13-28(14-16-29)20-7-11-22(33-4)12-8-20/h5-12,18H,13-17H2,1-4H3. The van der Waals surface area contributed by atoms with E-state index in [4.69, 9.17) is 9.47 Å². The highest BCUT2D eigenvalue weighted by atomic mass is 32.2. The Balaban J connectivity index is 1.36. The molecule has 180 valence electrons. The number of benzene rings is 2. The maximum absolute atomic E-state index is 12.9. The van der Waals surface area contributed by atoms with E-state index >= 15 is 0 Å². The zero-order valence-electron chi connectivity index (χ0n) is 20.1. The zero-order valence-corrected chi connectivity index (χ0v) is 20.9. The quantitative estimate of drug-likeness (QED) is 0.451. The van der Waals surface area contributed by atoms with Crippen LogP contribution in [0.15, 0.2) is 53.7 Å². The Morgan fingerprint density at radius 2 is 1.50 bits per heavy atom. The van der Waals surface area contributed by atoms with Gasteiger partial charge in [-0.1, -0.05) is 11.8 Å². The minimum Gasteiger partial charge on any atom is -0.497 e. The van der Waals surface area contributed by atoms with Gasteiger partial charge in [-0.25, -0.2) is 0 Å². The highest BCUT2D eigenvalue weighted by Gasteiger charge is 2.23. The molecule has 34 heavy (non-hydrogen) atoms. The van der Waals surface area contributed by atoms with Gasteiger partial charge in [-0.3, -0.25) is 9.36 Å². The van der Waals surface area contributed by atoms with Crippen LogP contribution in [0, 0.1) is 0 Å². The Morgan fingerprint density at radius 1 is 0.912 bits per heavy atom. The molecule has 3 aromatic rings. The number of amides is 1. The Morgan fingerprint density at radius 3 is 2.06 bits per heavy atom. The van der Waals surface area contributed by atoms with Crippen molar-refractivity contribution in [1.82, 2.24) is 19.7 Å². The van der Waals surface area contributed by atoms with Crippen LogP contribution in [0.1, 0.15) is 19.9 Å². The van der Waals surface area contributed by atoms with Crippen molar-refractivity contribution < 1.29 is 14.3 Å². The minimum atomic E-state index is 0.128. The molecule has 9 heteroatoms. The van der Waals surface area contributed by atoms with Gasteiger partial charge in [0, 0.05) is 43.5 Å². The van der Waals surface area contributed by atoms with Gasteiger partial charge < -0.3 is 19.3 Å². The summed E-state index contributed by atoms with van der Waals surface area (Å²) < 4.78 is 12.6. The highest BCUT2D eigenvalue weighted by Crippen LogP contribution is 2.29. The SMILES string of the molecule is COc1ccc(-c2nnc(SCC(=O)N3CCN(c4ccc(OC)cc4)CC3)n2C(C)C)cc1. The predicted molar refractivity (Wildman–Crippen MR) is 135 cm³/mol. The summed E-state index contributed by atoms with van der Waals surface area (Å²) in [5, 5.41) is 9.57. The minimum absolute atomic E-state index is 0.128. The lowest BCUT2D eigenvalue weighted by Gasteiger charge is -2.36. The van der Waals surface area contributed by atoms with Crippen LogP contribution in [0.25, 0.3) is 11.4 Å². The summed E-state index contributed by atoms with van der Waals surface area (Å²) in [6.45, 7) is 7.24. The molecule has 4 rings (SSSR count). The molecule has 0 unspecified atom stereocenters. The second-order valence-corrected chi connectivity index (χ2v) is 9.30. The summed E-state index contributed by atoms with van der Waals surface area (Å²) in [4.78, 5) is 17.2. The van der Waals surface area contributed by atoms with E-state index in [2.05, 4.69) is 45.6 Å². The highest BCUT2D eigenvalue weighted by molar-refractivity contribution is 7.99. The van der Waals surface area contributed by atoms with E-state index in [1.54, 1.807) is 14.2 Å². The van der Waals surface area contributed by atoms with Crippen molar-refractivity contribution in [2.24, 2.45) is 0 Å². The van der Waals surface area contributed by atoms with Gasteiger partial charge in [-0.15, -0.1) is 10.2 Å². The van der Waals surface area contributed by atoms with Gasteiger partial charge in [0.05, 0.1) is 20.0 Å². The molecule has 1 amide bonds. The smallest absolute Gasteiger partial charge is 0.233 e. The van der Waals surface area contributed by atoms with Crippen molar-refractivity contribution in [1.29, 1.82) is 0 Å². The number of nitrogens with zero attached hydrogens (tertiary/aromatic N) is 5. The predicted octanol–water partition coefficient (Wildman–Crippen LogP) is 3.98. The number of ether oxygens (including phenoxy) is 2. The maximum Gasteiger partial charge on any atom is 0.233 e. The van der Waals surface area contributed by atoms with E-state index < -0.39 is 0 Å². The first-order valence-electron chi connectivity index (χ1n) is 11.4. The number of carbonyl (C=O) groups is 1. The van der Waals surface area contributed by atoms with Crippen LogP contribution < -0.4 is 14.4 Å². The van der Waals surface area contributed by atoms with Crippen LogP contribution in [0.3, 0.4) is 0 Å². The number of hydrogen-bond donors (Lipinski definition) is 0. The molecule has 0 saturated carbocycles. The molecule has 0 aliphatic carbocycles. The molecule has 1 aromatic heterocycles. The van der Waals surface area contributed by atoms with E-state index in [1.165, 1.54) is 11.8 Å². The fourth-order valence-electron chi connectivity index (χ4n) is 4.00. The summed E-state index contributed by atoms with van der Waals surface area (Å²) >= 11 is 1.45. The number of carbonyl (C=O) groups excluding carboxylic acids is 1. The maximum atomic E-state index is 12.9. The van der Waals surface area contributed by atoms with Gasteiger partial charge in [-0.05, 0) is 62.4 Å². The van der Waals surface area contributed by atoms with Gasteiger partial charge in [0.15, 0.2) is 11.0 Å². The first-order chi connectivity index (χ1) is 16.5. The van der Waals surface area contributed by atoms with Gasteiger partial charge >= 0.3 is 0 Å². The van der Waals surface area contributed by atoms with Crippen molar-refractivity contribution >= 4 is 23.4 Å². The number of rotatable bonds is 8. The van der Waals surface area contributed by atoms with Crippen LogP contribution in [0.4, 0.5) is 5.69 Å². The van der Waals surface area contributed by atoms with Crippen molar-refractivity contribution in [3.63, 3.8) is 0 Å². The molecule has 1 aliphatic rings. The third-order valence-corrected chi connectivity index (χ3v) is 6.85. The van der Waals surface area contributed by atoms with Crippen molar-refractivity contribution in [3.8, 4) is 22.9 Å². The molecular formula is C25H31N5O3S. The molecule has 2 heterocycles. The molecule has 0 N–H and O–H groups in total. The third-order valence-electron chi connectivity index (χ3n) is 5.92. The summed E-state index contributed by atoms with van der Waals surface area (Å²) in [5.41, 5.74) is 2.12. The largest absolute Gasteiger partial charge is 0.497 e. The lowest BCUT2D eigenvalue weighted by atomic mass is 10.2. The third kappa shape index (κ3) is 5.30. The van der Waals surface area contributed by atoms with Crippen LogP contribution in [-0.2, 0) is 4.79 Å². The summed E-state index contributed by atoms with van der Waals surface area (Å²) in [7, 11) is 3.32. The molecule has 1 aliphatic heterocycles. The molecule has 0 spiro atoms. The van der Waals surface area contributed by atoms with Gasteiger partial charge in [-0.2, -0.15) is 0 Å². The molecule has 0 radical (unpaired) electrons. The van der Waals surface area contributed by atoms with E-state index in [9.17, 15) is 4.79 Å². The fraction of sp³-hybridized carbons (Fsp3) is 0.400. The van der Waals surface area contributed by atoms with E-state index in [0.29, 0.717) is 18.8 Å². The average molecular weight is 482 g/mol. The number of methoxy groups -OCH3 is 2. The number of piperazine rings is 1. The second-order valence-electron chi connectivity index (χ2n) is 8.35. The summed E-state index contributed by atoms with van der Waals surface area (Å²) in [5.74, 6) is 2.91. The summed E-state index contributed by atoms with van der Waals surface area (Å²) in [6.07, 6.45) is 0. The van der Waals surface area contributed by atoms with Crippen LogP contribution >= 0.6 is 11.8 Å². The van der Waals surface area contributed by atoms with Crippen LogP contribution in [-0.4, -0.2) is 71.7 Å². The van der Waals surface area contributed by atoms with Gasteiger partial charge in [0.2, 0.25) is 5.91 Å². The number of hydrogen-bond acceptors (Lipinski definition) is 7. The van der Waals surface area contributed by atoms with E-state index in [-0.39, 0.29) is 11.9 Å². The summed E-state index contributed by atoms with van der Waals surface area (Å²) in [6, 6.07) is 16.0. The number of thioether (sulfide) groups is 1. The molecule has 2 aromatic carbocycles. The number of aromatic nitrogens is 3. The molecule has 1 saturated heterocycles. The van der Waals surface area contributed by atoms with Crippen molar-refractivity contribution in [2.45, 2.75) is 25.0 Å². The monoisotopic (exact) mass is 481 g/mol. The normalized spacial score (nSPS) is 13.9. The molecule has 0 bridgehead atoms. The van der Waals surface area contributed by atoms with Crippen molar-refractivity contribution in [2.75, 3.05) is 51.1 Å². The van der Waals surface area contributed by atoms with E-state index in [0.717, 1.165) is 46.8 Å². The van der Waals surface area contributed by atoms with Crippen molar-refractivity contribution in [3.05, 3.63) is 48.5 Å². The second kappa shape index (κ2) is 10.8. The van der Waals surface area contributed by atoms with Crippen LogP contribution in [0.5, 0.6) is 11.5 Å². The Bertz CT molecular complexity index is 1090. The van der Waals surface area contributed by atoms with Gasteiger partial charge in [0.1, 0.15) is 11.5 Å². The first-order valence-corrected chi connectivity index (χ1v) is 12.4. The fourth-order valence-corrected chi connectivity index (χ4v) is 4.97. The molecule has 0 atom stereocenters. The molecule has 1 fully saturated rings. The van der Waals surface area contributed by atoms with E-state index in [1.807, 2.05) is 41.3 Å². The Labute approximate surface area is 204 Å². The molecule has 8 nitrogen and oxygen atoms in total. The Hall–Kier alpha value is -3.20. The average Bonchev–Trinajstić information content (AvgIpc) is 3.32. The number of anilines is 1. The lowest BCUT2D eigenvalue weighted by molar-refractivity contribution is -0.128. The topological polar surface area (TPSA) is 72.7 Å². The zero-order chi connectivity index (χ0) is 24.1.